The van der Waals surface area contributed by atoms with Crippen molar-refractivity contribution in [2.24, 2.45) is 0 Å². The molecule has 0 aliphatic carbocycles. The molecule has 1 aromatic heterocycles. The fourth-order valence-corrected chi connectivity index (χ4v) is 5.43. The molecule has 4 rings (SSSR count). The van der Waals surface area contributed by atoms with Gasteiger partial charge in [-0.3, -0.25) is 9.59 Å². The van der Waals surface area contributed by atoms with E-state index in [1.165, 1.54) is 44.7 Å². The molecule has 9 heteroatoms. The second-order valence-electron chi connectivity index (χ2n) is 10.1. The minimum Gasteiger partial charge on any atom is -0.507 e. The van der Waals surface area contributed by atoms with Crippen molar-refractivity contribution in [2.75, 3.05) is 28.4 Å². The minimum atomic E-state index is -0.927. The molecule has 39 heavy (non-hydrogen) atoms. The molecule has 1 aliphatic heterocycles. The highest BCUT2D eigenvalue weighted by Crippen LogP contribution is 2.47. The molecule has 2 heterocycles. The highest BCUT2D eigenvalue weighted by molar-refractivity contribution is 7.09. The van der Waals surface area contributed by atoms with Crippen LogP contribution in [0.4, 0.5) is 0 Å². The Hall–Kier alpha value is -3.98. The number of carbonyl (C=O) groups excluding carboxylic acids is 2. The third-order valence-corrected chi connectivity index (χ3v) is 7.63. The Morgan fingerprint density at radius 2 is 1.56 bits per heavy atom. The van der Waals surface area contributed by atoms with E-state index in [0.29, 0.717) is 34.1 Å². The van der Waals surface area contributed by atoms with Crippen LogP contribution in [-0.2, 0) is 21.5 Å². The summed E-state index contributed by atoms with van der Waals surface area (Å²) in [5.41, 5.74) is 1.50. The maximum absolute atomic E-state index is 13.6. The largest absolute Gasteiger partial charge is 0.507 e. The van der Waals surface area contributed by atoms with Gasteiger partial charge in [0.1, 0.15) is 11.5 Å². The summed E-state index contributed by atoms with van der Waals surface area (Å²) in [5, 5.41) is 13.7. The van der Waals surface area contributed by atoms with E-state index < -0.39 is 17.7 Å². The summed E-state index contributed by atoms with van der Waals surface area (Å²) in [6, 6.07) is 11.7. The van der Waals surface area contributed by atoms with Crippen molar-refractivity contribution in [3.63, 3.8) is 0 Å². The predicted octanol–water partition coefficient (Wildman–Crippen LogP) is 5.70. The van der Waals surface area contributed by atoms with E-state index >= 15 is 0 Å². The number of rotatable bonds is 8. The maximum Gasteiger partial charge on any atom is 0.295 e. The molecule has 8 nitrogen and oxygen atoms in total. The molecule has 1 atom stereocenters. The molecule has 0 saturated carbocycles. The molecule has 1 aliphatic rings. The number of nitrogens with zero attached hydrogens (tertiary/aromatic N) is 1. The van der Waals surface area contributed by atoms with Crippen LogP contribution in [0.15, 0.2) is 53.4 Å². The van der Waals surface area contributed by atoms with Crippen LogP contribution in [0.2, 0.25) is 0 Å². The Balaban J connectivity index is 2.01. The Labute approximate surface area is 232 Å². The van der Waals surface area contributed by atoms with Gasteiger partial charge in [-0.1, -0.05) is 32.9 Å². The quantitative estimate of drug-likeness (QED) is 0.218. The first kappa shape index (κ1) is 28.0. The standard InChI is InChI=1S/C30H33NO7S/c1-30(2,3)18-10-11-21(35-4)20(15-18)26(32)24-25(17-13-22(36-5)28(38-7)23(14-17)37-6)31(29(34)27(24)33)16-19-9-8-12-39-19/h8-15,25,32H,16H2,1-7H3/b26-24+. The van der Waals surface area contributed by atoms with Gasteiger partial charge in [-0.25, -0.2) is 0 Å². The number of hydrogen-bond acceptors (Lipinski definition) is 8. The molecule has 206 valence electrons. The van der Waals surface area contributed by atoms with Gasteiger partial charge in [0.25, 0.3) is 11.7 Å². The van der Waals surface area contributed by atoms with Crippen molar-refractivity contribution in [1.29, 1.82) is 0 Å². The second-order valence-corrected chi connectivity index (χ2v) is 11.2. The molecule has 0 radical (unpaired) electrons. The lowest BCUT2D eigenvalue weighted by molar-refractivity contribution is -0.140. The van der Waals surface area contributed by atoms with Crippen molar-refractivity contribution < 1.29 is 33.6 Å². The zero-order valence-corrected chi connectivity index (χ0v) is 24.0. The maximum atomic E-state index is 13.6. The second kappa shape index (κ2) is 11.0. The van der Waals surface area contributed by atoms with Crippen LogP contribution < -0.4 is 18.9 Å². The first-order valence-corrected chi connectivity index (χ1v) is 13.2. The average molecular weight is 552 g/mol. The molecule has 1 amide bonds. The van der Waals surface area contributed by atoms with E-state index in [1.54, 1.807) is 24.3 Å². The SMILES string of the molecule is COc1ccc(C(C)(C)C)cc1/C(O)=C1\C(=O)C(=O)N(Cc2cccs2)C1c1cc(OC)c(OC)c(OC)c1. The number of methoxy groups -OCH3 is 4. The molecule has 2 aromatic carbocycles. The number of aliphatic hydroxyl groups excluding tert-OH is 1. The fourth-order valence-electron chi connectivity index (χ4n) is 4.72. The fraction of sp³-hybridized carbons (Fsp3) is 0.333. The smallest absolute Gasteiger partial charge is 0.295 e. The van der Waals surface area contributed by atoms with Crippen LogP contribution in [0.25, 0.3) is 5.76 Å². The van der Waals surface area contributed by atoms with Gasteiger partial charge in [0.05, 0.1) is 52.2 Å². The summed E-state index contributed by atoms with van der Waals surface area (Å²) in [4.78, 5) is 29.5. The van der Waals surface area contributed by atoms with Crippen molar-refractivity contribution in [1.82, 2.24) is 4.90 Å². The number of thiophene rings is 1. The summed E-state index contributed by atoms with van der Waals surface area (Å²) >= 11 is 1.48. The zero-order valence-electron chi connectivity index (χ0n) is 23.2. The number of likely N-dealkylation sites (tertiary alicyclic amines) is 1. The third kappa shape index (κ3) is 5.18. The van der Waals surface area contributed by atoms with E-state index in [4.69, 9.17) is 18.9 Å². The van der Waals surface area contributed by atoms with Gasteiger partial charge in [-0.05, 0) is 52.3 Å². The summed E-state index contributed by atoms with van der Waals surface area (Å²) in [5.74, 6) is -0.335. The molecule has 3 aromatic rings. The number of ketones is 1. The van der Waals surface area contributed by atoms with E-state index in [0.717, 1.165) is 10.4 Å². The van der Waals surface area contributed by atoms with Gasteiger partial charge in [0, 0.05) is 4.88 Å². The first-order chi connectivity index (χ1) is 18.5. The number of amides is 1. The van der Waals surface area contributed by atoms with Gasteiger partial charge < -0.3 is 29.0 Å². The topological polar surface area (TPSA) is 94.5 Å². The Morgan fingerprint density at radius 3 is 2.08 bits per heavy atom. The van der Waals surface area contributed by atoms with Gasteiger partial charge >= 0.3 is 0 Å². The monoisotopic (exact) mass is 551 g/mol. The Kier molecular flexibility index (Phi) is 7.92. The van der Waals surface area contributed by atoms with Gasteiger partial charge in [-0.15, -0.1) is 11.3 Å². The minimum absolute atomic E-state index is 0.0461. The number of ether oxygens (including phenoxy) is 4. The van der Waals surface area contributed by atoms with Crippen LogP contribution in [0.1, 0.15) is 48.4 Å². The Bertz CT molecular complexity index is 1390. The number of aliphatic hydroxyl groups is 1. The summed E-state index contributed by atoms with van der Waals surface area (Å²) in [6.07, 6.45) is 0. The normalized spacial score (nSPS) is 16.9. The lowest BCUT2D eigenvalue weighted by Crippen LogP contribution is -2.29. The lowest BCUT2D eigenvalue weighted by atomic mass is 9.85. The summed E-state index contributed by atoms with van der Waals surface area (Å²) in [7, 11) is 5.98. The summed E-state index contributed by atoms with van der Waals surface area (Å²) in [6.45, 7) is 6.33. The van der Waals surface area contributed by atoms with Crippen molar-refractivity contribution in [2.45, 2.75) is 38.8 Å². The molecule has 1 unspecified atom stereocenters. The number of benzene rings is 2. The van der Waals surface area contributed by atoms with Crippen LogP contribution in [-0.4, -0.2) is 50.1 Å². The highest BCUT2D eigenvalue weighted by Gasteiger charge is 2.47. The van der Waals surface area contributed by atoms with Crippen LogP contribution in [0.5, 0.6) is 23.0 Å². The number of hydrogen-bond donors (Lipinski definition) is 1. The first-order valence-electron chi connectivity index (χ1n) is 12.3. The van der Waals surface area contributed by atoms with Crippen LogP contribution in [0, 0.1) is 0 Å². The zero-order chi connectivity index (χ0) is 28.5. The van der Waals surface area contributed by atoms with Crippen LogP contribution >= 0.6 is 11.3 Å². The number of Topliss-reactive ketones (excluding diaryl/α,β-unsaturated/α-hetero) is 1. The molecule has 0 spiro atoms. The van der Waals surface area contributed by atoms with E-state index in [-0.39, 0.29) is 23.3 Å². The van der Waals surface area contributed by atoms with E-state index in [9.17, 15) is 14.7 Å². The Morgan fingerprint density at radius 1 is 0.923 bits per heavy atom. The van der Waals surface area contributed by atoms with E-state index in [2.05, 4.69) is 20.8 Å². The van der Waals surface area contributed by atoms with Crippen LogP contribution in [0.3, 0.4) is 0 Å². The molecule has 1 fully saturated rings. The lowest BCUT2D eigenvalue weighted by Gasteiger charge is -2.26. The van der Waals surface area contributed by atoms with Crippen molar-refractivity contribution >= 4 is 28.8 Å². The molecule has 1 saturated heterocycles. The highest BCUT2D eigenvalue weighted by atomic mass is 32.1. The van der Waals surface area contributed by atoms with Crippen molar-refractivity contribution in [3.05, 3.63) is 75.0 Å². The van der Waals surface area contributed by atoms with Crippen molar-refractivity contribution in [3.8, 4) is 23.0 Å². The molecule has 1 N–H and O–H groups in total. The van der Waals surface area contributed by atoms with Gasteiger partial charge in [0.15, 0.2) is 11.5 Å². The van der Waals surface area contributed by atoms with Gasteiger partial charge in [0.2, 0.25) is 5.75 Å². The molecular formula is C30H33NO7S. The third-order valence-electron chi connectivity index (χ3n) is 6.77. The summed E-state index contributed by atoms with van der Waals surface area (Å²) < 4.78 is 22.1. The van der Waals surface area contributed by atoms with E-state index in [1.807, 2.05) is 23.6 Å². The predicted molar refractivity (Wildman–Crippen MR) is 150 cm³/mol. The van der Waals surface area contributed by atoms with Gasteiger partial charge in [-0.2, -0.15) is 0 Å². The number of carbonyl (C=O) groups is 2. The molecule has 0 bridgehead atoms. The average Bonchev–Trinajstić information content (AvgIpc) is 3.53. The molecular weight excluding hydrogens is 518 g/mol.